The molecule has 1 atom stereocenters. The van der Waals surface area contributed by atoms with Gasteiger partial charge in [-0.3, -0.25) is 9.69 Å². The van der Waals surface area contributed by atoms with Crippen LogP contribution >= 0.6 is 0 Å². The van der Waals surface area contributed by atoms with Crippen LogP contribution in [0.5, 0.6) is 0 Å². The molecule has 2 fully saturated rings. The Labute approximate surface area is 156 Å². The summed E-state index contributed by atoms with van der Waals surface area (Å²) >= 11 is 0. The topological polar surface area (TPSA) is 55.9 Å². The lowest BCUT2D eigenvalue weighted by Gasteiger charge is -2.49. The largest absolute Gasteiger partial charge is 0.346 e. The highest BCUT2D eigenvalue weighted by molar-refractivity contribution is 5.89. The standard InChI is InChI=1S/C20H30N4O2/c1-4-16-5-7-17(8-6-16)21-19(26)24-14-13-23(3)20(15-24)10-9-18(25)22(2)12-11-20/h5-8H,4,9-15H2,1-3H3,(H,21,26)/t20-/m0/s1. The molecule has 1 spiro atoms. The quantitative estimate of drug-likeness (QED) is 0.883. The molecule has 2 aliphatic heterocycles. The zero-order chi connectivity index (χ0) is 18.7. The van der Waals surface area contributed by atoms with Gasteiger partial charge in [0.05, 0.1) is 0 Å². The van der Waals surface area contributed by atoms with Gasteiger partial charge in [-0.2, -0.15) is 0 Å². The van der Waals surface area contributed by atoms with Crippen LogP contribution in [0.3, 0.4) is 0 Å². The molecule has 6 heteroatoms. The molecule has 0 saturated carbocycles. The van der Waals surface area contributed by atoms with Crippen molar-refractivity contribution < 1.29 is 9.59 Å². The molecule has 1 aromatic rings. The first-order valence-electron chi connectivity index (χ1n) is 9.53. The predicted molar refractivity (Wildman–Crippen MR) is 103 cm³/mol. The number of likely N-dealkylation sites (tertiary alicyclic amines) is 1. The molecule has 142 valence electrons. The highest BCUT2D eigenvalue weighted by Crippen LogP contribution is 2.32. The second kappa shape index (κ2) is 7.66. The highest BCUT2D eigenvalue weighted by atomic mass is 16.2. The number of hydrogen-bond acceptors (Lipinski definition) is 3. The third-order valence-electron chi connectivity index (χ3n) is 6.04. The molecular formula is C20H30N4O2. The average Bonchev–Trinajstić information content (AvgIpc) is 2.79. The Morgan fingerprint density at radius 3 is 2.54 bits per heavy atom. The van der Waals surface area contributed by atoms with Gasteiger partial charge in [-0.05, 0) is 44.0 Å². The van der Waals surface area contributed by atoms with E-state index >= 15 is 0 Å². The van der Waals surface area contributed by atoms with Crippen LogP contribution < -0.4 is 5.32 Å². The predicted octanol–water partition coefficient (Wildman–Crippen LogP) is 2.41. The molecular weight excluding hydrogens is 328 g/mol. The number of likely N-dealkylation sites (N-methyl/N-ethyl adjacent to an activating group) is 1. The molecule has 3 amide bonds. The van der Waals surface area contributed by atoms with E-state index < -0.39 is 0 Å². The fraction of sp³-hybridized carbons (Fsp3) is 0.600. The van der Waals surface area contributed by atoms with Crippen LogP contribution in [0.4, 0.5) is 10.5 Å². The molecule has 26 heavy (non-hydrogen) atoms. The van der Waals surface area contributed by atoms with Crippen molar-refractivity contribution in [3.63, 3.8) is 0 Å². The summed E-state index contributed by atoms with van der Waals surface area (Å²) in [7, 11) is 3.99. The molecule has 2 saturated heterocycles. The van der Waals surface area contributed by atoms with Crippen LogP contribution in [0.2, 0.25) is 0 Å². The van der Waals surface area contributed by atoms with E-state index in [1.165, 1.54) is 5.56 Å². The van der Waals surface area contributed by atoms with Crippen LogP contribution in [-0.2, 0) is 11.2 Å². The summed E-state index contributed by atoms with van der Waals surface area (Å²) in [5.41, 5.74) is 1.98. The minimum absolute atomic E-state index is 0.0503. The van der Waals surface area contributed by atoms with E-state index in [9.17, 15) is 9.59 Å². The summed E-state index contributed by atoms with van der Waals surface area (Å²) in [6.07, 6.45) is 3.25. The maximum Gasteiger partial charge on any atom is 0.321 e. The smallest absolute Gasteiger partial charge is 0.321 e. The van der Waals surface area contributed by atoms with Gasteiger partial charge in [-0.1, -0.05) is 19.1 Å². The number of nitrogens with one attached hydrogen (secondary N) is 1. The Kier molecular flexibility index (Phi) is 5.51. The van der Waals surface area contributed by atoms with Crippen LogP contribution in [-0.4, -0.2) is 72.5 Å². The summed E-state index contributed by atoms with van der Waals surface area (Å²) < 4.78 is 0. The SMILES string of the molecule is CCc1ccc(NC(=O)N2CCN(C)[C@]3(CCC(=O)N(C)CC3)C2)cc1. The molecule has 0 bridgehead atoms. The molecule has 1 aromatic carbocycles. The first kappa shape index (κ1) is 18.7. The first-order chi connectivity index (χ1) is 12.4. The van der Waals surface area contributed by atoms with E-state index in [4.69, 9.17) is 0 Å². The lowest BCUT2D eigenvalue weighted by molar-refractivity contribution is -0.129. The van der Waals surface area contributed by atoms with Crippen molar-refractivity contribution in [1.82, 2.24) is 14.7 Å². The lowest BCUT2D eigenvalue weighted by atomic mass is 9.86. The van der Waals surface area contributed by atoms with Crippen molar-refractivity contribution in [1.29, 1.82) is 0 Å². The second-order valence-electron chi connectivity index (χ2n) is 7.61. The van der Waals surface area contributed by atoms with Crippen molar-refractivity contribution in [2.45, 2.75) is 38.1 Å². The number of nitrogens with zero attached hydrogens (tertiary/aromatic N) is 3. The summed E-state index contributed by atoms with van der Waals surface area (Å²) in [4.78, 5) is 30.9. The fourth-order valence-corrected chi connectivity index (χ4v) is 3.96. The molecule has 3 rings (SSSR count). The van der Waals surface area contributed by atoms with E-state index in [1.807, 2.05) is 41.1 Å². The highest BCUT2D eigenvalue weighted by Gasteiger charge is 2.42. The molecule has 2 heterocycles. The van der Waals surface area contributed by atoms with Crippen molar-refractivity contribution in [2.24, 2.45) is 0 Å². The number of urea groups is 1. The first-order valence-corrected chi connectivity index (χ1v) is 9.53. The Hall–Kier alpha value is -2.08. The number of benzene rings is 1. The molecule has 0 radical (unpaired) electrons. The summed E-state index contributed by atoms with van der Waals surface area (Å²) in [5, 5.41) is 3.02. The van der Waals surface area contributed by atoms with Gasteiger partial charge in [0.1, 0.15) is 0 Å². The normalized spacial score (nSPS) is 24.7. The van der Waals surface area contributed by atoms with Crippen LogP contribution in [0.25, 0.3) is 0 Å². The average molecular weight is 358 g/mol. The number of hydrogen-bond donors (Lipinski definition) is 1. The van der Waals surface area contributed by atoms with Crippen LogP contribution in [0.15, 0.2) is 24.3 Å². The number of rotatable bonds is 2. The minimum atomic E-state index is -0.109. The molecule has 0 aromatic heterocycles. The maximum absolute atomic E-state index is 12.8. The van der Waals surface area contributed by atoms with Gasteiger partial charge in [0, 0.05) is 50.9 Å². The molecule has 2 aliphatic rings. The van der Waals surface area contributed by atoms with E-state index in [2.05, 4.69) is 24.2 Å². The number of carbonyl (C=O) groups excluding carboxylic acids is 2. The maximum atomic E-state index is 12.8. The zero-order valence-electron chi connectivity index (χ0n) is 16.1. The summed E-state index contributed by atoms with van der Waals surface area (Å²) in [5.74, 6) is 0.202. The van der Waals surface area contributed by atoms with Crippen molar-refractivity contribution in [2.75, 3.05) is 45.6 Å². The number of anilines is 1. The summed E-state index contributed by atoms with van der Waals surface area (Å²) in [6, 6.07) is 7.97. The van der Waals surface area contributed by atoms with Gasteiger partial charge in [0.15, 0.2) is 0 Å². The lowest BCUT2D eigenvalue weighted by Crippen LogP contribution is -2.62. The van der Waals surface area contributed by atoms with Crippen LogP contribution in [0.1, 0.15) is 31.7 Å². The van der Waals surface area contributed by atoms with Crippen molar-refractivity contribution in [3.05, 3.63) is 29.8 Å². The van der Waals surface area contributed by atoms with Crippen molar-refractivity contribution in [3.8, 4) is 0 Å². The van der Waals surface area contributed by atoms with Crippen molar-refractivity contribution >= 4 is 17.6 Å². The Bertz CT molecular complexity index is 660. The van der Waals surface area contributed by atoms with E-state index in [1.54, 1.807) is 0 Å². The molecule has 6 nitrogen and oxygen atoms in total. The third kappa shape index (κ3) is 3.85. The van der Waals surface area contributed by atoms with E-state index in [-0.39, 0.29) is 17.5 Å². The van der Waals surface area contributed by atoms with Gasteiger partial charge in [-0.15, -0.1) is 0 Å². The van der Waals surface area contributed by atoms with E-state index in [0.29, 0.717) is 19.5 Å². The Morgan fingerprint density at radius 1 is 1.12 bits per heavy atom. The number of carbonyl (C=O) groups is 2. The third-order valence-corrected chi connectivity index (χ3v) is 6.04. The summed E-state index contributed by atoms with van der Waals surface area (Å²) in [6.45, 7) is 5.08. The van der Waals surface area contributed by atoms with Gasteiger partial charge in [0.2, 0.25) is 5.91 Å². The number of piperazine rings is 1. The van der Waals surface area contributed by atoms with Gasteiger partial charge in [-0.25, -0.2) is 4.79 Å². The minimum Gasteiger partial charge on any atom is -0.346 e. The molecule has 0 aliphatic carbocycles. The number of aryl methyl sites for hydroxylation is 1. The number of amides is 3. The Balaban J connectivity index is 1.68. The monoisotopic (exact) mass is 358 g/mol. The molecule has 0 unspecified atom stereocenters. The Morgan fingerprint density at radius 2 is 1.85 bits per heavy atom. The van der Waals surface area contributed by atoms with Gasteiger partial charge in [0.25, 0.3) is 0 Å². The fourth-order valence-electron chi connectivity index (χ4n) is 3.96. The molecule has 1 N–H and O–H groups in total. The van der Waals surface area contributed by atoms with E-state index in [0.717, 1.165) is 38.0 Å². The second-order valence-corrected chi connectivity index (χ2v) is 7.61. The van der Waals surface area contributed by atoms with Crippen LogP contribution in [0, 0.1) is 0 Å². The van der Waals surface area contributed by atoms with Gasteiger partial charge >= 0.3 is 6.03 Å². The zero-order valence-corrected chi connectivity index (χ0v) is 16.1. The van der Waals surface area contributed by atoms with Gasteiger partial charge < -0.3 is 15.1 Å².